The Kier molecular flexibility index (Phi) is 3.37. The predicted molar refractivity (Wildman–Crippen MR) is 83.9 cm³/mol. The van der Waals surface area contributed by atoms with E-state index in [1.807, 2.05) is 12.1 Å². The topological polar surface area (TPSA) is 80.9 Å². The van der Waals surface area contributed by atoms with Crippen molar-refractivity contribution in [3.05, 3.63) is 46.7 Å². The number of nitrogens with zero attached hydrogens (tertiary/aromatic N) is 2. The maximum Gasteiger partial charge on any atom is 0.259 e. The maximum absolute atomic E-state index is 12.1. The average molecular weight is 349 g/mol. The van der Waals surface area contributed by atoms with Crippen LogP contribution >= 0.6 is 27.3 Å². The van der Waals surface area contributed by atoms with Crippen molar-refractivity contribution >= 4 is 54.2 Å². The van der Waals surface area contributed by atoms with Gasteiger partial charge in [0.2, 0.25) is 0 Å². The van der Waals surface area contributed by atoms with Crippen LogP contribution in [0.15, 0.2) is 41.1 Å². The lowest BCUT2D eigenvalue weighted by molar-refractivity contribution is 0.102. The molecule has 3 rings (SSSR count). The summed E-state index contributed by atoms with van der Waals surface area (Å²) in [5.41, 5.74) is 7.68. The molecule has 0 saturated heterocycles. The van der Waals surface area contributed by atoms with E-state index in [-0.39, 0.29) is 5.91 Å². The molecular formula is C13H9BrN4OS. The van der Waals surface area contributed by atoms with E-state index in [0.717, 1.165) is 14.7 Å². The van der Waals surface area contributed by atoms with Crippen molar-refractivity contribution in [3.63, 3.8) is 0 Å². The van der Waals surface area contributed by atoms with Gasteiger partial charge in [-0.05, 0) is 40.2 Å². The lowest BCUT2D eigenvalue weighted by Crippen LogP contribution is -2.11. The summed E-state index contributed by atoms with van der Waals surface area (Å²) in [6.07, 6.45) is 3.13. The second kappa shape index (κ2) is 5.18. The average Bonchev–Trinajstić information content (AvgIpc) is 2.80. The number of hydrogen-bond acceptors (Lipinski definition) is 5. The van der Waals surface area contributed by atoms with Crippen molar-refractivity contribution in [3.8, 4) is 0 Å². The summed E-state index contributed by atoms with van der Waals surface area (Å²) >= 11 is 4.67. The predicted octanol–water partition coefficient (Wildman–Crippen LogP) is 3.29. The van der Waals surface area contributed by atoms with E-state index in [1.54, 1.807) is 18.3 Å². The molecule has 0 saturated carbocycles. The van der Waals surface area contributed by atoms with Gasteiger partial charge in [0.25, 0.3) is 5.91 Å². The first-order valence-corrected chi connectivity index (χ1v) is 7.31. The molecule has 2 heterocycles. The molecule has 0 aliphatic rings. The van der Waals surface area contributed by atoms with Crippen LogP contribution in [0.3, 0.4) is 0 Å². The van der Waals surface area contributed by atoms with Crippen LogP contribution in [0, 0.1) is 0 Å². The molecule has 3 N–H and O–H groups in total. The normalized spacial score (nSPS) is 10.7. The number of fused-ring (bicyclic) bond motifs is 1. The van der Waals surface area contributed by atoms with Crippen LogP contribution in [0.25, 0.3) is 10.2 Å². The zero-order valence-corrected chi connectivity index (χ0v) is 12.5. The Morgan fingerprint density at radius 1 is 1.30 bits per heavy atom. The van der Waals surface area contributed by atoms with E-state index < -0.39 is 0 Å². The van der Waals surface area contributed by atoms with Crippen molar-refractivity contribution in [2.45, 2.75) is 0 Å². The number of rotatable bonds is 2. The van der Waals surface area contributed by atoms with Crippen LogP contribution < -0.4 is 11.1 Å². The minimum Gasteiger partial charge on any atom is -0.399 e. The first-order chi connectivity index (χ1) is 9.61. The van der Waals surface area contributed by atoms with Gasteiger partial charge in [-0.3, -0.25) is 15.1 Å². The number of thiazole rings is 1. The molecule has 0 aliphatic carbocycles. The molecule has 0 fully saturated rings. The largest absolute Gasteiger partial charge is 0.399 e. The molecule has 5 nitrogen and oxygen atoms in total. The summed E-state index contributed by atoms with van der Waals surface area (Å²) in [5, 5.41) is 3.30. The van der Waals surface area contributed by atoms with Crippen LogP contribution in [-0.2, 0) is 0 Å². The van der Waals surface area contributed by atoms with Crippen molar-refractivity contribution in [2.24, 2.45) is 0 Å². The van der Waals surface area contributed by atoms with Gasteiger partial charge >= 0.3 is 0 Å². The third-order valence-corrected chi connectivity index (χ3v) is 3.97. The van der Waals surface area contributed by atoms with E-state index in [1.165, 1.54) is 17.5 Å². The summed E-state index contributed by atoms with van der Waals surface area (Å²) < 4.78 is 1.69. The van der Waals surface area contributed by atoms with E-state index in [2.05, 4.69) is 31.2 Å². The Morgan fingerprint density at radius 3 is 2.95 bits per heavy atom. The number of carbonyl (C=O) groups excluding carboxylic acids is 1. The molecule has 0 radical (unpaired) electrons. The number of nitrogen functional groups attached to an aromatic ring is 1. The molecule has 7 heteroatoms. The van der Waals surface area contributed by atoms with Gasteiger partial charge < -0.3 is 5.73 Å². The van der Waals surface area contributed by atoms with Gasteiger partial charge in [-0.2, -0.15) is 0 Å². The number of amides is 1. The number of halogens is 1. The van der Waals surface area contributed by atoms with Gasteiger partial charge in [-0.15, -0.1) is 0 Å². The molecule has 0 bridgehead atoms. The summed E-state index contributed by atoms with van der Waals surface area (Å²) in [7, 11) is 0. The number of aromatic nitrogens is 2. The molecule has 0 aliphatic heterocycles. The van der Waals surface area contributed by atoms with E-state index >= 15 is 0 Å². The number of nitrogens with two attached hydrogens (primary N) is 1. The summed E-state index contributed by atoms with van der Waals surface area (Å²) in [6.45, 7) is 0. The molecule has 1 amide bonds. The Balaban J connectivity index is 1.87. The second-order valence-corrected chi connectivity index (χ2v) is 6.04. The minimum absolute atomic E-state index is 0.245. The highest BCUT2D eigenvalue weighted by molar-refractivity contribution is 9.10. The highest BCUT2D eigenvalue weighted by atomic mass is 79.9. The molecule has 2 aromatic heterocycles. The van der Waals surface area contributed by atoms with Crippen molar-refractivity contribution in [2.75, 3.05) is 11.1 Å². The van der Waals surface area contributed by atoms with Crippen molar-refractivity contribution < 1.29 is 4.79 Å². The zero-order chi connectivity index (χ0) is 14.1. The van der Waals surface area contributed by atoms with Gasteiger partial charge in [-0.1, -0.05) is 11.3 Å². The number of carbonyl (C=O) groups is 1. The van der Waals surface area contributed by atoms with Crippen LogP contribution in [0.2, 0.25) is 0 Å². The standard InChI is InChI=1S/C13H9BrN4OS/c14-8-3-7(5-16-6-8)12(19)18-13-17-10-2-1-9(15)4-11(10)20-13/h1-6H,15H2,(H,17,18,19). The first kappa shape index (κ1) is 13.0. The van der Waals surface area contributed by atoms with E-state index in [9.17, 15) is 4.79 Å². The van der Waals surface area contributed by atoms with Gasteiger partial charge in [0.15, 0.2) is 5.13 Å². The summed E-state index contributed by atoms with van der Waals surface area (Å²) in [6, 6.07) is 7.15. The number of benzene rings is 1. The quantitative estimate of drug-likeness (QED) is 0.696. The third kappa shape index (κ3) is 2.63. The fraction of sp³-hybridized carbons (Fsp3) is 0. The van der Waals surface area contributed by atoms with Crippen molar-refractivity contribution in [1.82, 2.24) is 9.97 Å². The van der Waals surface area contributed by atoms with E-state index in [0.29, 0.717) is 16.4 Å². The highest BCUT2D eigenvalue weighted by Crippen LogP contribution is 2.27. The summed E-state index contributed by atoms with van der Waals surface area (Å²) in [5.74, 6) is -0.245. The minimum atomic E-state index is -0.245. The first-order valence-electron chi connectivity index (χ1n) is 5.70. The molecular weight excluding hydrogens is 340 g/mol. The van der Waals surface area contributed by atoms with Crippen molar-refractivity contribution in [1.29, 1.82) is 0 Å². The molecule has 1 aromatic carbocycles. The fourth-order valence-corrected chi connectivity index (χ4v) is 2.97. The van der Waals surface area contributed by atoms with Gasteiger partial charge in [0.05, 0.1) is 15.8 Å². The Labute approximate surface area is 127 Å². The molecule has 0 spiro atoms. The van der Waals surface area contributed by atoms with Crippen LogP contribution in [-0.4, -0.2) is 15.9 Å². The molecule has 100 valence electrons. The van der Waals surface area contributed by atoms with Crippen LogP contribution in [0.4, 0.5) is 10.8 Å². The SMILES string of the molecule is Nc1ccc2nc(NC(=O)c3cncc(Br)c3)sc2c1. The molecule has 3 aromatic rings. The fourth-order valence-electron chi connectivity index (χ4n) is 1.70. The number of hydrogen-bond donors (Lipinski definition) is 2. The van der Waals surface area contributed by atoms with Crippen LogP contribution in [0.5, 0.6) is 0 Å². The highest BCUT2D eigenvalue weighted by Gasteiger charge is 2.10. The summed E-state index contributed by atoms with van der Waals surface area (Å²) in [4.78, 5) is 20.4. The Hall–Kier alpha value is -1.99. The second-order valence-electron chi connectivity index (χ2n) is 4.09. The number of anilines is 2. The van der Waals surface area contributed by atoms with Crippen LogP contribution in [0.1, 0.15) is 10.4 Å². The lowest BCUT2D eigenvalue weighted by Gasteiger charge is -2.00. The zero-order valence-electron chi connectivity index (χ0n) is 10.1. The van der Waals surface area contributed by atoms with Gasteiger partial charge in [0.1, 0.15) is 0 Å². The van der Waals surface area contributed by atoms with Gasteiger partial charge in [-0.25, -0.2) is 4.98 Å². The van der Waals surface area contributed by atoms with Gasteiger partial charge in [0, 0.05) is 22.6 Å². The molecule has 20 heavy (non-hydrogen) atoms. The lowest BCUT2D eigenvalue weighted by atomic mass is 10.3. The third-order valence-electron chi connectivity index (χ3n) is 2.60. The monoisotopic (exact) mass is 348 g/mol. The Bertz CT molecular complexity index is 802. The number of nitrogens with one attached hydrogen (secondary N) is 1. The molecule has 0 atom stereocenters. The maximum atomic E-state index is 12.1. The van der Waals surface area contributed by atoms with E-state index in [4.69, 9.17) is 5.73 Å². The smallest absolute Gasteiger partial charge is 0.259 e. The number of pyridine rings is 1. The molecule has 0 unspecified atom stereocenters. The Morgan fingerprint density at radius 2 is 2.15 bits per heavy atom.